The Labute approximate surface area is 97.2 Å². The Bertz CT molecular complexity index is 315. The Hall–Kier alpha value is -1.06. The van der Waals surface area contributed by atoms with Gasteiger partial charge in [0.2, 0.25) is 0 Å². The normalized spacial score (nSPS) is 21.1. The van der Waals surface area contributed by atoms with Gasteiger partial charge in [-0.3, -0.25) is 0 Å². The number of piperazine rings is 1. The molecule has 0 aliphatic carbocycles. The van der Waals surface area contributed by atoms with Gasteiger partial charge in [-0.1, -0.05) is 12.1 Å². The molecule has 1 heterocycles. The van der Waals surface area contributed by atoms with Crippen LogP contribution in [0.15, 0.2) is 24.3 Å². The van der Waals surface area contributed by atoms with Gasteiger partial charge in [0.15, 0.2) is 0 Å². The van der Waals surface area contributed by atoms with E-state index in [4.69, 9.17) is 4.74 Å². The van der Waals surface area contributed by atoms with Crippen LogP contribution < -0.4 is 15.4 Å². The van der Waals surface area contributed by atoms with Crippen molar-refractivity contribution in [3.8, 4) is 5.75 Å². The topological polar surface area (TPSA) is 33.3 Å². The Morgan fingerprint density at radius 2 is 1.94 bits per heavy atom. The summed E-state index contributed by atoms with van der Waals surface area (Å²) in [5, 5.41) is 6.88. The molecule has 1 atom stereocenters. The van der Waals surface area contributed by atoms with E-state index in [0.717, 1.165) is 25.4 Å². The maximum Gasteiger partial charge on any atom is 0.119 e. The van der Waals surface area contributed by atoms with Crippen LogP contribution >= 0.6 is 0 Å². The van der Waals surface area contributed by atoms with Crippen LogP contribution in [0.25, 0.3) is 0 Å². The third kappa shape index (κ3) is 2.97. The molecule has 1 aromatic rings. The predicted molar refractivity (Wildman–Crippen MR) is 65.8 cm³/mol. The highest BCUT2D eigenvalue weighted by Gasteiger charge is 2.13. The van der Waals surface area contributed by atoms with Gasteiger partial charge < -0.3 is 15.4 Å². The van der Waals surface area contributed by atoms with Crippen molar-refractivity contribution >= 4 is 0 Å². The fraction of sp³-hybridized carbons (Fsp3) is 0.538. The molecule has 0 radical (unpaired) electrons. The average molecular weight is 220 g/mol. The lowest BCUT2D eigenvalue weighted by Crippen LogP contribution is -2.42. The van der Waals surface area contributed by atoms with Crippen molar-refractivity contribution in [1.82, 2.24) is 10.6 Å². The minimum atomic E-state index is 0.236. The number of hydrogen-bond donors (Lipinski definition) is 2. The number of benzene rings is 1. The first-order chi connectivity index (χ1) is 7.75. The van der Waals surface area contributed by atoms with E-state index in [2.05, 4.69) is 22.8 Å². The fourth-order valence-corrected chi connectivity index (χ4v) is 1.94. The van der Waals surface area contributed by atoms with Crippen LogP contribution in [0.4, 0.5) is 0 Å². The Kier molecular flexibility index (Phi) is 3.80. The zero-order valence-electron chi connectivity index (χ0n) is 9.99. The Morgan fingerprint density at radius 1 is 1.19 bits per heavy atom. The number of nitrogens with one attached hydrogen (secondary N) is 2. The molecule has 1 saturated heterocycles. The van der Waals surface area contributed by atoms with E-state index in [9.17, 15) is 0 Å². The predicted octanol–water partition coefficient (Wildman–Crippen LogP) is 1.71. The van der Waals surface area contributed by atoms with Crippen molar-refractivity contribution in [3.63, 3.8) is 0 Å². The largest absolute Gasteiger partial charge is 0.491 e. The third-order valence-corrected chi connectivity index (χ3v) is 2.70. The highest BCUT2D eigenvalue weighted by atomic mass is 16.5. The molecular weight excluding hydrogens is 200 g/mol. The van der Waals surface area contributed by atoms with Crippen LogP contribution in [0, 0.1) is 0 Å². The minimum absolute atomic E-state index is 0.236. The second-order valence-electron chi connectivity index (χ2n) is 4.45. The first-order valence-electron chi connectivity index (χ1n) is 5.96. The molecule has 0 spiro atoms. The van der Waals surface area contributed by atoms with Gasteiger partial charge in [0, 0.05) is 25.7 Å². The molecule has 1 aliphatic rings. The lowest BCUT2D eigenvalue weighted by Gasteiger charge is -2.25. The molecule has 2 rings (SSSR count). The summed E-state index contributed by atoms with van der Waals surface area (Å²) < 4.78 is 5.62. The van der Waals surface area contributed by atoms with Crippen LogP contribution in [0.5, 0.6) is 5.75 Å². The molecule has 0 bridgehead atoms. The first kappa shape index (κ1) is 11.4. The number of ether oxygens (including phenoxy) is 1. The van der Waals surface area contributed by atoms with Crippen LogP contribution in [-0.4, -0.2) is 25.7 Å². The van der Waals surface area contributed by atoms with Gasteiger partial charge in [-0.15, -0.1) is 0 Å². The molecule has 0 aromatic heterocycles. The van der Waals surface area contributed by atoms with Gasteiger partial charge in [0.05, 0.1) is 6.10 Å². The molecule has 3 nitrogen and oxygen atoms in total. The van der Waals surface area contributed by atoms with E-state index in [0.29, 0.717) is 6.04 Å². The molecule has 0 unspecified atom stereocenters. The average Bonchev–Trinajstić information content (AvgIpc) is 2.30. The summed E-state index contributed by atoms with van der Waals surface area (Å²) in [5.74, 6) is 0.947. The molecule has 1 fully saturated rings. The Balaban J connectivity index is 2.00. The van der Waals surface area contributed by atoms with E-state index in [1.165, 1.54) is 5.56 Å². The molecule has 1 aliphatic heterocycles. The second-order valence-corrected chi connectivity index (χ2v) is 4.45. The Morgan fingerprint density at radius 3 is 2.50 bits per heavy atom. The monoisotopic (exact) mass is 220 g/mol. The maximum absolute atomic E-state index is 5.62. The lowest BCUT2D eigenvalue weighted by molar-refractivity contribution is 0.242. The highest BCUT2D eigenvalue weighted by molar-refractivity contribution is 5.29. The van der Waals surface area contributed by atoms with Crippen molar-refractivity contribution in [2.24, 2.45) is 0 Å². The van der Waals surface area contributed by atoms with E-state index in [1.54, 1.807) is 0 Å². The van der Waals surface area contributed by atoms with E-state index in [-0.39, 0.29) is 6.10 Å². The van der Waals surface area contributed by atoms with Crippen molar-refractivity contribution in [2.45, 2.75) is 26.0 Å². The smallest absolute Gasteiger partial charge is 0.119 e. The molecule has 0 saturated carbocycles. The first-order valence-corrected chi connectivity index (χ1v) is 5.96. The maximum atomic E-state index is 5.62. The van der Waals surface area contributed by atoms with Crippen molar-refractivity contribution in [3.05, 3.63) is 29.8 Å². The number of hydrogen-bond acceptors (Lipinski definition) is 3. The summed E-state index contributed by atoms with van der Waals surface area (Å²) in [5.41, 5.74) is 1.32. The van der Waals surface area contributed by atoms with Gasteiger partial charge in [0.1, 0.15) is 5.75 Å². The van der Waals surface area contributed by atoms with Crippen LogP contribution in [0.1, 0.15) is 25.5 Å². The zero-order chi connectivity index (χ0) is 11.4. The van der Waals surface area contributed by atoms with E-state index in [1.807, 2.05) is 26.0 Å². The van der Waals surface area contributed by atoms with Crippen LogP contribution in [0.3, 0.4) is 0 Å². The summed E-state index contributed by atoms with van der Waals surface area (Å²) >= 11 is 0. The summed E-state index contributed by atoms with van der Waals surface area (Å²) in [6.45, 7) is 7.19. The van der Waals surface area contributed by atoms with Crippen molar-refractivity contribution in [2.75, 3.05) is 19.6 Å². The van der Waals surface area contributed by atoms with Crippen molar-refractivity contribution in [1.29, 1.82) is 0 Å². The van der Waals surface area contributed by atoms with Gasteiger partial charge in [-0.2, -0.15) is 0 Å². The summed E-state index contributed by atoms with van der Waals surface area (Å²) in [4.78, 5) is 0. The molecule has 2 N–H and O–H groups in total. The van der Waals surface area contributed by atoms with Crippen molar-refractivity contribution < 1.29 is 4.74 Å². The molecule has 88 valence electrons. The summed E-state index contributed by atoms with van der Waals surface area (Å²) in [6, 6.07) is 8.81. The standard InChI is InChI=1S/C13H20N2O/c1-10(2)16-12-5-3-11(4-6-12)13-9-14-7-8-15-13/h3-6,10,13-15H,7-9H2,1-2H3/t13-/m1/s1. The molecule has 0 amide bonds. The number of rotatable bonds is 3. The van der Waals surface area contributed by atoms with Gasteiger partial charge in [-0.25, -0.2) is 0 Å². The minimum Gasteiger partial charge on any atom is -0.491 e. The third-order valence-electron chi connectivity index (χ3n) is 2.70. The van der Waals surface area contributed by atoms with Crippen LogP contribution in [-0.2, 0) is 0 Å². The van der Waals surface area contributed by atoms with E-state index < -0.39 is 0 Å². The highest BCUT2D eigenvalue weighted by Crippen LogP contribution is 2.19. The van der Waals surface area contributed by atoms with E-state index >= 15 is 0 Å². The van der Waals surface area contributed by atoms with Gasteiger partial charge >= 0.3 is 0 Å². The fourth-order valence-electron chi connectivity index (χ4n) is 1.94. The quantitative estimate of drug-likeness (QED) is 0.813. The molecular formula is C13H20N2O. The van der Waals surface area contributed by atoms with Crippen LogP contribution in [0.2, 0.25) is 0 Å². The zero-order valence-corrected chi connectivity index (χ0v) is 9.99. The SMILES string of the molecule is CC(C)Oc1ccc([C@H]2CNCCN2)cc1. The van der Waals surface area contributed by atoms with Gasteiger partial charge in [-0.05, 0) is 31.5 Å². The molecule has 1 aromatic carbocycles. The lowest BCUT2D eigenvalue weighted by atomic mass is 10.1. The summed E-state index contributed by atoms with van der Waals surface area (Å²) in [7, 11) is 0. The molecule has 3 heteroatoms. The summed E-state index contributed by atoms with van der Waals surface area (Å²) in [6.07, 6.45) is 0.236. The van der Waals surface area contributed by atoms with Gasteiger partial charge in [0.25, 0.3) is 0 Å². The second kappa shape index (κ2) is 5.32. The molecule has 16 heavy (non-hydrogen) atoms.